The first-order valence-corrected chi connectivity index (χ1v) is 8.95. The molecule has 1 aromatic carbocycles. The van der Waals surface area contributed by atoms with E-state index in [2.05, 4.69) is 5.32 Å². The van der Waals surface area contributed by atoms with E-state index in [1.165, 1.54) is 0 Å². The van der Waals surface area contributed by atoms with Crippen molar-refractivity contribution in [2.24, 2.45) is 5.92 Å². The Bertz CT molecular complexity index is 653. The first kappa shape index (κ1) is 17.5. The van der Waals surface area contributed by atoms with Crippen LogP contribution in [-0.2, 0) is 9.59 Å². The van der Waals surface area contributed by atoms with Crippen molar-refractivity contribution in [3.8, 4) is 0 Å². The first-order chi connectivity index (χ1) is 11.5. The SMILES string of the molecule is O=C(CN1C(C(=O)O)CC2CCCCC21)Nc1cccc(Cl)c1Cl. The van der Waals surface area contributed by atoms with E-state index in [4.69, 9.17) is 23.2 Å². The smallest absolute Gasteiger partial charge is 0.320 e. The highest BCUT2D eigenvalue weighted by atomic mass is 35.5. The fourth-order valence-corrected chi connectivity index (χ4v) is 4.33. The normalized spacial score (nSPS) is 26.8. The van der Waals surface area contributed by atoms with E-state index >= 15 is 0 Å². The molecule has 0 radical (unpaired) electrons. The molecule has 2 aliphatic rings. The standard InChI is InChI=1S/C17H20Cl2N2O3/c18-11-5-3-6-12(16(11)19)20-15(22)9-21-13-7-2-1-4-10(13)8-14(21)17(23)24/h3,5-6,10,13-14H,1-2,4,7-9H2,(H,20,22)(H,23,24). The number of nitrogens with zero attached hydrogens (tertiary/aromatic N) is 1. The Labute approximate surface area is 150 Å². The van der Waals surface area contributed by atoms with Gasteiger partial charge >= 0.3 is 5.97 Å². The molecular formula is C17H20Cl2N2O3. The summed E-state index contributed by atoms with van der Waals surface area (Å²) < 4.78 is 0. The van der Waals surface area contributed by atoms with E-state index in [0.717, 1.165) is 25.7 Å². The lowest BCUT2D eigenvalue weighted by molar-refractivity contribution is -0.143. The average Bonchev–Trinajstić information content (AvgIpc) is 2.91. The Balaban J connectivity index is 1.71. The molecule has 1 aliphatic carbocycles. The van der Waals surface area contributed by atoms with Gasteiger partial charge in [0, 0.05) is 6.04 Å². The summed E-state index contributed by atoms with van der Waals surface area (Å²) in [5, 5.41) is 12.9. The minimum absolute atomic E-state index is 0.0565. The molecule has 0 aromatic heterocycles. The van der Waals surface area contributed by atoms with E-state index in [-0.39, 0.29) is 18.5 Å². The van der Waals surface area contributed by atoms with Crippen LogP contribution in [-0.4, -0.2) is 40.5 Å². The van der Waals surface area contributed by atoms with Crippen LogP contribution >= 0.6 is 23.2 Å². The number of halogens is 2. The highest BCUT2D eigenvalue weighted by Crippen LogP contribution is 2.39. The van der Waals surface area contributed by atoms with Crippen molar-refractivity contribution < 1.29 is 14.7 Å². The Morgan fingerprint density at radius 3 is 2.75 bits per heavy atom. The Morgan fingerprint density at radius 2 is 2.00 bits per heavy atom. The number of aliphatic carboxylic acids is 1. The second-order valence-electron chi connectivity index (χ2n) is 6.52. The molecule has 2 N–H and O–H groups in total. The van der Waals surface area contributed by atoms with E-state index in [9.17, 15) is 14.7 Å². The Hall–Kier alpha value is -1.30. The monoisotopic (exact) mass is 370 g/mol. The summed E-state index contributed by atoms with van der Waals surface area (Å²) in [6.45, 7) is 0.0565. The van der Waals surface area contributed by atoms with Gasteiger partial charge < -0.3 is 10.4 Å². The molecule has 0 spiro atoms. The van der Waals surface area contributed by atoms with Gasteiger partial charge in [-0.15, -0.1) is 0 Å². The summed E-state index contributed by atoms with van der Waals surface area (Å²) >= 11 is 12.0. The quantitative estimate of drug-likeness (QED) is 0.848. The first-order valence-electron chi connectivity index (χ1n) is 8.20. The van der Waals surface area contributed by atoms with Gasteiger partial charge in [0.05, 0.1) is 22.3 Å². The van der Waals surface area contributed by atoms with E-state index in [1.54, 1.807) is 18.2 Å². The third-order valence-electron chi connectivity index (χ3n) is 5.06. The molecule has 5 nitrogen and oxygen atoms in total. The number of carbonyl (C=O) groups is 2. The maximum atomic E-state index is 12.4. The fourth-order valence-electron chi connectivity index (χ4n) is 3.98. The van der Waals surface area contributed by atoms with Crippen LogP contribution in [0.5, 0.6) is 0 Å². The lowest BCUT2D eigenvalue weighted by atomic mass is 9.85. The van der Waals surface area contributed by atoms with Crippen LogP contribution in [0.3, 0.4) is 0 Å². The van der Waals surface area contributed by atoms with Crippen LogP contribution in [0.25, 0.3) is 0 Å². The topological polar surface area (TPSA) is 69.6 Å². The number of carboxylic acids is 1. The summed E-state index contributed by atoms with van der Waals surface area (Å²) in [4.78, 5) is 25.9. The summed E-state index contributed by atoms with van der Waals surface area (Å²) in [7, 11) is 0. The molecule has 1 aromatic rings. The van der Waals surface area contributed by atoms with Crippen LogP contribution < -0.4 is 5.32 Å². The van der Waals surface area contributed by atoms with Crippen molar-refractivity contribution in [3.63, 3.8) is 0 Å². The van der Waals surface area contributed by atoms with Crippen LogP contribution in [0.2, 0.25) is 10.0 Å². The van der Waals surface area contributed by atoms with Gasteiger partial charge in [0.1, 0.15) is 6.04 Å². The summed E-state index contributed by atoms with van der Waals surface area (Å²) in [5.41, 5.74) is 0.445. The number of fused-ring (bicyclic) bond motifs is 1. The van der Waals surface area contributed by atoms with Gasteiger partial charge in [-0.3, -0.25) is 14.5 Å². The number of hydrogen-bond donors (Lipinski definition) is 2. The zero-order valence-electron chi connectivity index (χ0n) is 13.2. The predicted octanol–water partition coefficient (Wildman–Crippen LogP) is 3.65. The fraction of sp³-hybridized carbons (Fsp3) is 0.529. The maximum absolute atomic E-state index is 12.4. The molecule has 7 heteroatoms. The highest BCUT2D eigenvalue weighted by molar-refractivity contribution is 6.44. The van der Waals surface area contributed by atoms with Crippen molar-refractivity contribution in [1.82, 2.24) is 4.90 Å². The molecule has 1 amide bonds. The Kier molecular flexibility index (Phi) is 5.33. The van der Waals surface area contributed by atoms with Crippen LogP contribution in [0, 0.1) is 5.92 Å². The number of amides is 1. The molecule has 2 fully saturated rings. The lowest BCUT2D eigenvalue weighted by Crippen LogP contribution is -2.46. The van der Waals surface area contributed by atoms with Crippen molar-refractivity contribution in [1.29, 1.82) is 0 Å². The number of benzene rings is 1. The third kappa shape index (κ3) is 3.53. The molecule has 24 heavy (non-hydrogen) atoms. The highest BCUT2D eigenvalue weighted by Gasteiger charge is 2.45. The summed E-state index contributed by atoms with van der Waals surface area (Å²) in [5.74, 6) is -0.739. The van der Waals surface area contributed by atoms with Crippen molar-refractivity contribution in [2.75, 3.05) is 11.9 Å². The lowest BCUT2D eigenvalue weighted by Gasteiger charge is -2.32. The molecule has 1 saturated carbocycles. The number of nitrogens with one attached hydrogen (secondary N) is 1. The molecule has 3 unspecified atom stereocenters. The summed E-state index contributed by atoms with van der Waals surface area (Å²) in [6.07, 6.45) is 4.87. The number of anilines is 1. The maximum Gasteiger partial charge on any atom is 0.320 e. The number of carboxylic acid groups (broad SMARTS) is 1. The molecule has 1 heterocycles. The second kappa shape index (κ2) is 7.30. The minimum Gasteiger partial charge on any atom is -0.480 e. The minimum atomic E-state index is -0.849. The van der Waals surface area contributed by atoms with Gasteiger partial charge in [-0.25, -0.2) is 0 Å². The number of carbonyl (C=O) groups excluding carboxylic acids is 1. The van der Waals surface area contributed by atoms with Crippen LogP contribution in [0.15, 0.2) is 18.2 Å². The van der Waals surface area contributed by atoms with E-state index < -0.39 is 12.0 Å². The third-order valence-corrected chi connectivity index (χ3v) is 5.88. The predicted molar refractivity (Wildman–Crippen MR) is 93.6 cm³/mol. The number of hydrogen-bond acceptors (Lipinski definition) is 3. The molecule has 3 rings (SSSR count). The van der Waals surface area contributed by atoms with Gasteiger partial charge in [0.2, 0.25) is 5.91 Å². The largest absolute Gasteiger partial charge is 0.480 e. The molecular weight excluding hydrogens is 351 g/mol. The number of rotatable bonds is 4. The molecule has 1 aliphatic heterocycles. The average molecular weight is 371 g/mol. The van der Waals surface area contributed by atoms with Gasteiger partial charge in [-0.05, 0) is 37.3 Å². The zero-order chi connectivity index (χ0) is 17.3. The molecule has 130 valence electrons. The zero-order valence-corrected chi connectivity index (χ0v) is 14.7. The summed E-state index contributed by atoms with van der Waals surface area (Å²) in [6, 6.07) is 4.62. The van der Waals surface area contributed by atoms with Crippen molar-refractivity contribution in [2.45, 2.75) is 44.2 Å². The van der Waals surface area contributed by atoms with E-state index in [0.29, 0.717) is 28.1 Å². The van der Waals surface area contributed by atoms with Gasteiger partial charge in [0.25, 0.3) is 0 Å². The Morgan fingerprint density at radius 1 is 1.25 bits per heavy atom. The van der Waals surface area contributed by atoms with Crippen molar-refractivity contribution in [3.05, 3.63) is 28.2 Å². The molecule has 1 saturated heterocycles. The second-order valence-corrected chi connectivity index (χ2v) is 7.31. The van der Waals surface area contributed by atoms with Gasteiger partial charge in [-0.1, -0.05) is 42.1 Å². The molecule has 0 bridgehead atoms. The van der Waals surface area contributed by atoms with Gasteiger partial charge in [0.15, 0.2) is 0 Å². The molecule has 3 atom stereocenters. The van der Waals surface area contributed by atoms with Crippen LogP contribution in [0.4, 0.5) is 5.69 Å². The van der Waals surface area contributed by atoms with Crippen LogP contribution in [0.1, 0.15) is 32.1 Å². The number of likely N-dealkylation sites (tertiary alicyclic amines) is 1. The van der Waals surface area contributed by atoms with Gasteiger partial charge in [-0.2, -0.15) is 0 Å². The van der Waals surface area contributed by atoms with E-state index in [1.807, 2.05) is 4.90 Å². The van der Waals surface area contributed by atoms with Crippen molar-refractivity contribution >= 4 is 40.8 Å².